The molecule has 1 aliphatic rings. The lowest BCUT2D eigenvalue weighted by Crippen LogP contribution is -2.22. The van der Waals surface area contributed by atoms with Crippen LogP contribution in [0.5, 0.6) is 0 Å². The zero-order valence-corrected chi connectivity index (χ0v) is 16.7. The minimum atomic E-state index is -0.332. The molecule has 0 amide bonds. The number of benzene rings is 1. The van der Waals surface area contributed by atoms with Gasteiger partial charge in [0.15, 0.2) is 0 Å². The van der Waals surface area contributed by atoms with Crippen molar-refractivity contribution in [2.24, 2.45) is 5.92 Å². The molecule has 3 heterocycles. The van der Waals surface area contributed by atoms with Crippen LogP contribution in [-0.4, -0.2) is 45.8 Å². The molecule has 1 aromatic carbocycles. The molecule has 3 aromatic rings. The summed E-state index contributed by atoms with van der Waals surface area (Å²) in [6.07, 6.45) is 9.32. The van der Waals surface area contributed by atoms with Crippen molar-refractivity contribution in [2.45, 2.75) is 25.9 Å². The fraction of sp³-hybridized carbons (Fsp3) is 0.348. The molecule has 0 radical (unpaired) electrons. The molecular weight excluding hydrogens is 364 g/mol. The van der Waals surface area contributed by atoms with Crippen LogP contribution in [0.25, 0.3) is 0 Å². The molecule has 0 spiro atoms. The standard InChI is InChI=1S/C23H26N4O2/c1-29-23(28)22-12-19(13-24-14-22)11-18-7-10-26(15-18)16-20-5-2-3-6-21(20)17-27-9-4-8-25-27/h2-6,8-9,12-14,18H,7,10-11,15-17H2,1H3. The summed E-state index contributed by atoms with van der Waals surface area (Å²) in [7, 11) is 1.40. The third-order valence-electron chi connectivity index (χ3n) is 5.51. The van der Waals surface area contributed by atoms with E-state index in [2.05, 4.69) is 39.2 Å². The van der Waals surface area contributed by atoms with Gasteiger partial charge < -0.3 is 4.74 Å². The van der Waals surface area contributed by atoms with E-state index < -0.39 is 0 Å². The predicted molar refractivity (Wildman–Crippen MR) is 110 cm³/mol. The summed E-state index contributed by atoms with van der Waals surface area (Å²) in [5.41, 5.74) is 4.29. The Balaban J connectivity index is 1.37. The number of carbonyl (C=O) groups excluding carboxylic acids is 1. The minimum absolute atomic E-state index is 0.332. The number of ether oxygens (including phenoxy) is 1. The van der Waals surface area contributed by atoms with E-state index in [0.717, 1.165) is 44.6 Å². The largest absolute Gasteiger partial charge is 0.465 e. The molecule has 4 rings (SSSR count). The number of methoxy groups -OCH3 is 1. The number of pyridine rings is 1. The molecule has 1 aliphatic heterocycles. The van der Waals surface area contributed by atoms with Crippen molar-refractivity contribution in [1.82, 2.24) is 19.7 Å². The number of nitrogens with zero attached hydrogens (tertiary/aromatic N) is 4. The average Bonchev–Trinajstić information content (AvgIpc) is 3.41. The van der Waals surface area contributed by atoms with Gasteiger partial charge in [-0.25, -0.2) is 4.79 Å². The van der Waals surface area contributed by atoms with E-state index in [0.29, 0.717) is 11.5 Å². The summed E-state index contributed by atoms with van der Waals surface area (Å²) in [6.45, 7) is 3.89. The van der Waals surface area contributed by atoms with Gasteiger partial charge in [0.25, 0.3) is 0 Å². The summed E-state index contributed by atoms with van der Waals surface area (Å²) in [4.78, 5) is 18.5. The van der Waals surface area contributed by atoms with Crippen LogP contribution in [0.2, 0.25) is 0 Å². The molecule has 6 heteroatoms. The van der Waals surface area contributed by atoms with Gasteiger partial charge in [-0.1, -0.05) is 24.3 Å². The first kappa shape index (κ1) is 19.3. The Hall–Kier alpha value is -2.99. The van der Waals surface area contributed by atoms with Gasteiger partial charge in [-0.05, 0) is 54.1 Å². The first-order chi connectivity index (χ1) is 14.2. The minimum Gasteiger partial charge on any atom is -0.465 e. The normalized spacial score (nSPS) is 16.8. The van der Waals surface area contributed by atoms with Crippen molar-refractivity contribution in [1.29, 1.82) is 0 Å². The van der Waals surface area contributed by atoms with Gasteiger partial charge >= 0.3 is 5.97 Å². The molecule has 0 bridgehead atoms. The quantitative estimate of drug-likeness (QED) is 0.580. The number of aromatic nitrogens is 3. The van der Waals surface area contributed by atoms with Crippen LogP contribution in [-0.2, 0) is 24.2 Å². The fourth-order valence-electron chi connectivity index (χ4n) is 4.06. The third kappa shape index (κ3) is 4.90. The fourth-order valence-corrected chi connectivity index (χ4v) is 4.06. The van der Waals surface area contributed by atoms with Gasteiger partial charge in [0.1, 0.15) is 0 Å². The highest BCUT2D eigenvalue weighted by atomic mass is 16.5. The number of carbonyl (C=O) groups is 1. The maximum Gasteiger partial charge on any atom is 0.339 e. The van der Waals surface area contributed by atoms with E-state index in [1.54, 1.807) is 6.20 Å². The Bertz CT molecular complexity index is 955. The highest BCUT2D eigenvalue weighted by molar-refractivity contribution is 5.89. The zero-order valence-electron chi connectivity index (χ0n) is 16.7. The average molecular weight is 390 g/mol. The van der Waals surface area contributed by atoms with E-state index in [1.165, 1.54) is 18.2 Å². The van der Waals surface area contributed by atoms with Crippen LogP contribution in [0.15, 0.2) is 61.2 Å². The number of esters is 1. The lowest BCUT2D eigenvalue weighted by molar-refractivity contribution is 0.0600. The molecule has 6 nitrogen and oxygen atoms in total. The van der Waals surface area contributed by atoms with Crippen LogP contribution >= 0.6 is 0 Å². The molecule has 1 fully saturated rings. The van der Waals surface area contributed by atoms with Crippen molar-refractivity contribution >= 4 is 5.97 Å². The monoisotopic (exact) mass is 390 g/mol. The molecule has 1 unspecified atom stereocenters. The second kappa shape index (κ2) is 9.01. The maximum atomic E-state index is 11.7. The van der Waals surface area contributed by atoms with Gasteiger partial charge in [-0.2, -0.15) is 5.10 Å². The van der Waals surface area contributed by atoms with Gasteiger partial charge in [-0.3, -0.25) is 14.6 Å². The second-order valence-electron chi connectivity index (χ2n) is 7.64. The number of hydrogen-bond donors (Lipinski definition) is 0. The lowest BCUT2D eigenvalue weighted by atomic mass is 9.99. The van der Waals surface area contributed by atoms with Gasteiger partial charge in [-0.15, -0.1) is 0 Å². The summed E-state index contributed by atoms with van der Waals surface area (Å²) >= 11 is 0. The van der Waals surface area contributed by atoms with E-state index in [-0.39, 0.29) is 5.97 Å². The molecule has 1 saturated heterocycles. The van der Waals surface area contributed by atoms with Gasteiger partial charge in [0.2, 0.25) is 0 Å². The van der Waals surface area contributed by atoms with Crippen LogP contribution in [0.4, 0.5) is 0 Å². The molecule has 0 saturated carbocycles. The molecular formula is C23H26N4O2. The second-order valence-corrected chi connectivity index (χ2v) is 7.64. The Kier molecular flexibility index (Phi) is 6.00. The highest BCUT2D eigenvalue weighted by Gasteiger charge is 2.23. The van der Waals surface area contributed by atoms with Crippen molar-refractivity contribution in [3.8, 4) is 0 Å². The SMILES string of the molecule is COC(=O)c1cncc(CC2CCN(Cc3ccccc3Cn3cccn3)C2)c1. The first-order valence-corrected chi connectivity index (χ1v) is 10.00. The molecule has 2 aromatic heterocycles. The third-order valence-corrected chi connectivity index (χ3v) is 5.51. The van der Waals surface area contributed by atoms with Crippen LogP contribution in [0.3, 0.4) is 0 Å². The van der Waals surface area contributed by atoms with Crippen molar-refractivity contribution in [2.75, 3.05) is 20.2 Å². The Morgan fingerprint density at radius 1 is 1.17 bits per heavy atom. The van der Waals surface area contributed by atoms with Crippen LogP contribution in [0.1, 0.15) is 33.5 Å². The summed E-state index contributed by atoms with van der Waals surface area (Å²) in [5, 5.41) is 4.33. The molecule has 0 N–H and O–H groups in total. The summed E-state index contributed by atoms with van der Waals surface area (Å²) < 4.78 is 6.77. The lowest BCUT2D eigenvalue weighted by Gasteiger charge is -2.18. The van der Waals surface area contributed by atoms with Crippen LogP contribution < -0.4 is 0 Å². The van der Waals surface area contributed by atoms with Crippen molar-refractivity contribution < 1.29 is 9.53 Å². The molecule has 150 valence electrons. The smallest absolute Gasteiger partial charge is 0.339 e. The first-order valence-electron chi connectivity index (χ1n) is 10.00. The topological polar surface area (TPSA) is 60.2 Å². The number of rotatable bonds is 7. The van der Waals surface area contributed by atoms with E-state index in [4.69, 9.17) is 4.74 Å². The van der Waals surface area contributed by atoms with E-state index in [9.17, 15) is 4.79 Å². The highest BCUT2D eigenvalue weighted by Crippen LogP contribution is 2.24. The predicted octanol–water partition coefficient (Wildman–Crippen LogP) is 3.18. The number of hydrogen-bond acceptors (Lipinski definition) is 5. The molecule has 1 atom stereocenters. The van der Waals surface area contributed by atoms with Gasteiger partial charge in [0, 0.05) is 37.9 Å². The Labute approximate surface area is 171 Å². The molecule has 0 aliphatic carbocycles. The zero-order chi connectivity index (χ0) is 20.1. The van der Waals surface area contributed by atoms with E-state index >= 15 is 0 Å². The number of likely N-dealkylation sites (tertiary alicyclic amines) is 1. The Morgan fingerprint density at radius 3 is 2.76 bits per heavy atom. The Morgan fingerprint density at radius 2 is 2.00 bits per heavy atom. The summed E-state index contributed by atoms with van der Waals surface area (Å²) in [6, 6.07) is 12.5. The van der Waals surface area contributed by atoms with Crippen LogP contribution in [0, 0.1) is 5.92 Å². The van der Waals surface area contributed by atoms with Gasteiger partial charge in [0.05, 0.1) is 19.2 Å². The van der Waals surface area contributed by atoms with Crippen molar-refractivity contribution in [3.05, 3.63) is 83.4 Å². The van der Waals surface area contributed by atoms with E-state index in [1.807, 2.05) is 35.4 Å². The maximum absolute atomic E-state index is 11.7. The molecule has 29 heavy (non-hydrogen) atoms. The summed E-state index contributed by atoms with van der Waals surface area (Å²) in [5.74, 6) is 0.240. The van der Waals surface area contributed by atoms with Crippen molar-refractivity contribution in [3.63, 3.8) is 0 Å².